The van der Waals surface area contributed by atoms with Gasteiger partial charge in [0, 0.05) is 12.4 Å². The van der Waals surface area contributed by atoms with Crippen LogP contribution in [0.2, 0.25) is 0 Å². The summed E-state index contributed by atoms with van der Waals surface area (Å²) in [5, 5.41) is 12.1. The van der Waals surface area contributed by atoms with Gasteiger partial charge in [0.05, 0.1) is 0 Å². The molecule has 0 saturated carbocycles. The minimum Gasteiger partial charge on any atom is -0.283 e. The second-order valence-electron chi connectivity index (χ2n) is 2.72. The lowest BCUT2D eigenvalue weighted by Gasteiger charge is -1.98. The fourth-order valence-corrected chi connectivity index (χ4v) is 1.72. The molecule has 14 heavy (non-hydrogen) atoms. The minimum absolute atomic E-state index is 0.146. The molecule has 0 spiro atoms. The lowest BCUT2D eigenvalue weighted by molar-refractivity contribution is 0.594. The Labute approximate surface area is 79.6 Å². The van der Waals surface area contributed by atoms with E-state index in [1.165, 1.54) is 10.6 Å². The van der Waals surface area contributed by atoms with Crippen molar-refractivity contribution in [3.05, 3.63) is 18.2 Å². The number of aryl methyl sites for hydroxylation is 1. The van der Waals surface area contributed by atoms with E-state index in [1.54, 1.807) is 13.1 Å². The SMILES string of the molecule is Cc1nnc2c(S(N)(=O)=O)nccn12. The van der Waals surface area contributed by atoms with Crippen molar-refractivity contribution in [2.45, 2.75) is 11.9 Å². The summed E-state index contributed by atoms with van der Waals surface area (Å²) in [6.07, 6.45) is 2.91. The van der Waals surface area contributed by atoms with Crippen molar-refractivity contribution in [3.8, 4) is 0 Å². The number of hydrogen-bond acceptors (Lipinski definition) is 5. The van der Waals surface area contributed by atoms with Crippen LogP contribution in [0.15, 0.2) is 17.4 Å². The summed E-state index contributed by atoms with van der Waals surface area (Å²) in [6, 6.07) is 0. The van der Waals surface area contributed by atoms with E-state index in [9.17, 15) is 8.42 Å². The predicted molar refractivity (Wildman–Crippen MR) is 46.9 cm³/mol. The number of sulfonamides is 1. The molecule has 0 atom stereocenters. The molecule has 0 amide bonds. The van der Waals surface area contributed by atoms with Crippen LogP contribution in [0.1, 0.15) is 5.82 Å². The zero-order chi connectivity index (χ0) is 10.3. The van der Waals surface area contributed by atoms with Crippen molar-refractivity contribution in [1.29, 1.82) is 0 Å². The molecule has 0 fully saturated rings. The van der Waals surface area contributed by atoms with Crippen LogP contribution >= 0.6 is 0 Å². The van der Waals surface area contributed by atoms with Crippen LogP contribution in [0.25, 0.3) is 5.65 Å². The van der Waals surface area contributed by atoms with Crippen molar-refractivity contribution in [2.75, 3.05) is 0 Å². The van der Waals surface area contributed by atoms with Crippen LogP contribution in [-0.2, 0) is 10.0 Å². The largest absolute Gasteiger partial charge is 0.283 e. The number of rotatable bonds is 1. The molecule has 0 aliphatic rings. The van der Waals surface area contributed by atoms with E-state index < -0.39 is 10.0 Å². The summed E-state index contributed by atoms with van der Waals surface area (Å²) in [5.41, 5.74) is 0.146. The first-order chi connectivity index (χ1) is 6.50. The van der Waals surface area contributed by atoms with Crippen molar-refractivity contribution in [1.82, 2.24) is 19.6 Å². The highest BCUT2D eigenvalue weighted by atomic mass is 32.2. The molecule has 8 heteroatoms. The van der Waals surface area contributed by atoms with Crippen LogP contribution in [-0.4, -0.2) is 28.0 Å². The van der Waals surface area contributed by atoms with Crippen LogP contribution in [0, 0.1) is 6.92 Å². The Kier molecular flexibility index (Phi) is 1.76. The lowest BCUT2D eigenvalue weighted by Crippen LogP contribution is -2.15. The van der Waals surface area contributed by atoms with Gasteiger partial charge in [-0.1, -0.05) is 0 Å². The molecule has 7 nitrogen and oxygen atoms in total. The van der Waals surface area contributed by atoms with E-state index in [2.05, 4.69) is 15.2 Å². The Bertz CT molecular complexity index is 587. The highest BCUT2D eigenvalue weighted by Gasteiger charge is 2.17. The topological polar surface area (TPSA) is 103 Å². The van der Waals surface area contributed by atoms with Crippen molar-refractivity contribution < 1.29 is 8.42 Å². The van der Waals surface area contributed by atoms with E-state index in [-0.39, 0.29) is 10.7 Å². The van der Waals surface area contributed by atoms with E-state index in [4.69, 9.17) is 5.14 Å². The molecule has 0 aliphatic carbocycles. The molecule has 2 aromatic heterocycles. The van der Waals surface area contributed by atoms with Crippen LogP contribution in [0.3, 0.4) is 0 Å². The molecule has 2 N–H and O–H groups in total. The average molecular weight is 213 g/mol. The maximum Gasteiger partial charge on any atom is 0.259 e. The van der Waals surface area contributed by atoms with Gasteiger partial charge in [-0.25, -0.2) is 18.5 Å². The van der Waals surface area contributed by atoms with Crippen molar-refractivity contribution in [3.63, 3.8) is 0 Å². The van der Waals surface area contributed by atoms with Gasteiger partial charge >= 0.3 is 0 Å². The van der Waals surface area contributed by atoms with Gasteiger partial charge in [0.15, 0.2) is 5.65 Å². The number of aromatic nitrogens is 4. The fourth-order valence-electron chi connectivity index (χ4n) is 1.12. The van der Waals surface area contributed by atoms with Crippen LogP contribution in [0.4, 0.5) is 0 Å². The highest BCUT2D eigenvalue weighted by Crippen LogP contribution is 2.10. The molecule has 0 radical (unpaired) electrons. The molecule has 2 heterocycles. The van der Waals surface area contributed by atoms with Gasteiger partial charge < -0.3 is 0 Å². The van der Waals surface area contributed by atoms with Gasteiger partial charge in [-0.3, -0.25) is 4.40 Å². The number of primary sulfonamides is 1. The van der Waals surface area contributed by atoms with Crippen LogP contribution < -0.4 is 5.14 Å². The first-order valence-corrected chi connectivity index (χ1v) is 5.24. The smallest absolute Gasteiger partial charge is 0.259 e. The Balaban J connectivity index is 2.92. The summed E-state index contributed by atoms with van der Waals surface area (Å²) < 4.78 is 23.7. The van der Waals surface area contributed by atoms with Gasteiger partial charge in [-0.05, 0) is 6.92 Å². The number of fused-ring (bicyclic) bond motifs is 1. The monoisotopic (exact) mass is 213 g/mol. The quantitative estimate of drug-likeness (QED) is 0.659. The predicted octanol–water partition coefficient (Wildman–Crippen LogP) is -0.920. The molecule has 0 aromatic carbocycles. The minimum atomic E-state index is -3.85. The molecule has 0 unspecified atom stereocenters. The summed E-state index contributed by atoms with van der Waals surface area (Å²) in [4.78, 5) is 3.66. The molecule has 0 aliphatic heterocycles. The lowest BCUT2D eigenvalue weighted by atomic mass is 10.6. The third kappa shape index (κ3) is 1.24. The van der Waals surface area contributed by atoms with E-state index in [1.807, 2.05) is 0 Å². The molecule has 74 valence electrons. The van der Waals surface area contributed by atoms with Gasteiger partial charge in [0.25, 0.3) is 10.0 Å². The maximum absolute atomic E-state index is 11.1. The molecule has 2 rings (SSSR count). The molecular weight excluding hydrogens is 206 g/mol. The second-order valence-corrected chi connectivity index (χ2v) is 4.19. The zero-order valence-electron chi connectivity index (χ0n) is 7.25. The maximum atomic E-state index is 11.1. The molecule has 0 saturated heterocycles. The molecular formula is C6H7N5O2S. The summed E-state index contributed by atoms with van der Waals surface area (Å²) in [5.74, 6) is 0.576. The third-order valence-corrected chi connectivity index (χ3v) is 2.56. The van der Waals surface area contributed by atoms with Gasteiger partial charge in [-0.15, -0.1) is 10.2 Å². The van der Waals surface area contributed by atoms with Crippen molar-refractivity contribution in [2.24, 2.45) is 5.14 Å². The fraction of sp³-hybridized carbons (Fsp3) is 0.167. The summed E-state index contributed by atoms with van der Waals surface area (Å²) in [7, 11) is -3.85. The van der Waals surface area contributed by atoms with Gasteiger partial charge in [0.2, 0.25) is 5.03 Å². The summed E-state index contributed by atoms with van der Waals surface area (Å²) >= 11 is 0. The Morgan fingerprint density at radius 2 is 2.14 bits per heavy atom. The Morgan fingerprint density at radius 1 is 1.43 bits per heavy atom. The second kappa shape index (κ2) is 2.72. The first-order valence-electron chi connectivity index (χ1n) is 3.69. The first kappa shape index (κ1) is 9.03. The van der Waals surface area contributed by atoms with Gasteiger partial charge in [0.1, 0.15) is 5.82 Å². The van der Waals surface area contributed by atoms with Crippen molar-refractivity contribution >= 4 is 15.7 Å². The van der Waals surface area contributed by atoms with Crippen LogP contribution in [0.5, 0.6) is 0 Å². The Morgan fingerprint density at radius 3 is 2.79 bits per heavy atom. The summed E-state index contributed by atoms with van der Waals surface area (Å²) in [6.45, 7) is 1.70. The number of nitrogens with two attached hydrogens (primary N) is 1. The third-order valence-electron chi connectivity index (χ3n) is 1.73. The van der Waals surface area contributed by atoms with E-state index in [0.29, 0.717) is 5.82 Å². The number of nitrogens with zero attached hydrogens (tertiary/aromatic N) is 4. The average Bonchev–Trinajstić information content (AvgIpc) is 2.46. The highest BCUT2D eigenvalue weighted by molar-refractivity contribution is 7.89. The Hall–Kier alpha value is -1.54. The number of hydrogen-bond donors (Lipinski definition) is 1. The normalized spacial score (nSPS) is 12.1. The zero-order valence-corrected chi connectivity index (χ0v) is 8.06. The standard InChI is InChI=1S/C6H7N5O2S/c1-4-9-10-5-6(14(7,12)13)8-2-3-11(4)5/h2-3H,1H3,(H2,7,12,13). The molecule has 0 bridgehead atoms. The van der Waals surface area contributed by atoms with E-state index >= 15 is 0 Å². The van der Waals surface area contributed by atoms with E-state index in [0.717, 1.165) is 0 Å². The van der Waals surface area contributed by atoms with Gasteiger partial charge in [-0.2, -0.15) is 0 Å². The molecule has 2 aromatic rings.